The second-order valence-corrected chi connectivity index (χ2v) is 4.40. The van der Waals surface area contributed by atoms with Crippen LogP contribution in [0.1, 0.15) is 32.6 Å². The number of hydrogen-bond acceptors (Lipinski definition) is 2. The number of rotatable bonds is 5. The van der Waals surface area contributed by atoms with Gasteiger partial charge >= 0.3 is 0 Å². The zero-order valence-corrected chi connectivity index (χ0v) is 10.4. The van der Waals surface area contributed by atoms with Crippen molar-refractivity contribution >= 4 is 23.3 Å². The van der Waals surface area contributed by atoms with Crippen LogP contribution in [-0.4, -0.2) is 4.57 Å². The summed E-state index contributed by atoms with van der Waals surface area (Å²) in [5.74, 6) is 0. The fourth-order valence-electron chi connectivity index (χ4n) is 1.92. The minimum atomic E-state index is 0.595. The van der Waals surface area contributed by atoms with Gasteiger partial charge in [0.15, 0.2) is 5.58 Å². The van der Waals surface area contributed by atoms with Crippen molar-refractivity contribution in [2.24, 2.45) is 0 Å². The summed E-state index contributed by atoms with van der Waals surface area (Å²) >= 11 is 5.23. The van der Waals surface area contributed by atoms with Gasteiger partial charge in [0, 0.05) is 6.54 Å². The topological polar surface area (TPSA) is 18.1 Å². The molecule has 0 N–H and O–H groups in total. The number of para-hydroxylation sites is 2. The number of unbranched alkanes of at least 4 members (excludes halogenated alkanes) is 3. The largest absolute Gasteiger partial charge is 0.429 e. The lowest BCUT2D eigenvalue weighted by Gasteiger charge is -2.02. The molecule has 0 spiro atoms. The molecule has 2 rings (SSSR count). The lowest BCUT2D eigenvalue weighted by molar-refractivity contribution is 0.514. The van der Waals surface area contributed by atoms with Gasteiger partial charge in [-0.15, -0.1) is 0 Å². The number of fused-ring (bicyclic) bond motifs is 1. The molecule has 2 aromatic rings. The van der Waals surface area contributed by atoms with Gasteiger partial charge in [-0.1, -0.05) is 38.3 Å². The smallest absolute Gasteiger partial charge is 0.269 e. The third-order valence-corrected chi connectivity index (χ3v) is 3.11. The summed E-state index contributed by atoms with van der Waals surface area (Å²) in [5.41, 5.74) is 2.01. The van der Waals surface area contributed by atoms with E-state index in [-0.39, 0.29) is 0 Å². The van der Waals surface area contributed by atoms with Crippen LogP contribution in [0.25, 0.3) is 11.1 Å². The predicted octanol–water partition coefficient (Wildman–Crippen LogP) is 4.54. The van der Waals surface area contributed by atoms with Crippen LogP contribution in [0.5, 0.6) is 0 Å². The monoisotopic (exact) mass is 235 g/mol. The molecule has 0 bridgehead atoms. The first-order valence-corrected chi connectivity index (χ1v) is 6.32. The van der Waals surface area contributed by atoms with Crippen LogP contribution >= 0.6 is 12.2 Å². The zero-order valence-electron chi connectivity index (χ0n) is 9.61. The van der Waals surface area contributed by atoms with Gasteiger partial charge in [0.1, 0.15) is 0 Å². The molecule has 2 nitrogen and oxygen atoms in total. The van der Waals surface area contributed by atoms with Crippen LogP contribution in [0.2, 0.25) is 0 Å². The van der Waals surface area contributed by atoms with Gasteiger partial charge in [-0.3, -0.25) is 4.57 Å². The van der Waals surface area contributed by atoms with Crippen LogP contribution in [-0.2, 0) is 6.54 Å². The van der Waals surface area contributed by atoms with E-state index >= 15 is 0 Å². The van der Waals surface area contributed by atoms with E-state index in [0.717, 1.165) is 17.6 Å². The van der Waals surface area contributed by atoms with Crippen molar-refractivity contribution in [3.63, 3.8) is 0 Å². The molecule has 0 amide bonds. The van der Waals surface area contributed by atoms with E-state index in [1.807, 2.05) is 18.2 Å². The standard InChI is InChI=1S/C13H17NOS/c1-2-3-4-7-10-14-11-8-5-6-9-12(11)15-13(14)16/h5-6,8-9H,2-4,7,10H2,1H3. The van der Waals surface area contributed by atoms with Crippen molar-refractivity contribution in [2.75, 3.05) is 0 Å². The summed E-state index contributed by atoms with van der Waals surface area (Å²) < 4.78 is 7.63. The highest BCUT2D eigenvalue weighted by Crippen LogP contribution is 2.17. The van der Waals surface area contributed by atoms with E-state index in [2.05, 4.69) is 17.6 Å². The van der Waals surface area contributed by atoms with Gasteiger partial charge in [0.25, 0.3) is 4.84 Å². The summed E-state index contributed by atoms with van der Waals surface area (Å²) in [7, 11) is 0. The molecule has 0 aliphatic heterocycles. The first-order valence-electron chi connectivity index (χ1n) is 5.91. The molecule has 3 heteroatoms. The normalized spacial score (nSPS) is 11.1. The molecule has 1 heterocycles. The Kier molecular flexibility index (Phi) is 3.78. The van der Waals surface area contributed by atoms with Crippen LogP contribution in [0.3, 0.4) is 0 Å². The van der Waals surface area contributed by atoms with Gasteiger partial charge in [0.05, 0.1) is 5.52 Å². The van der Waals surface area contributed by atoms with Crippen LogP contribution in [0, 0.1) is 4.84 Å². The van der Waals surface area contributed by atoms with Crippen molar-refractivity contribution < 1.29 is 4.42 Å². The fourth-order valence-corrected chi connectivity index (χ4v) is 2.20. The Hall–Kier alpha value is -1.09. The lowest BCUT2D eigenvalue weighted by atomic mass is 10.2. The molecule has 0 radical (unpaired) electrons. The molecule has 16 heavy (non-hydrogen) atoms. The summed E-state index contributed by atoms with van der Waals surface area (Å²) in [5, 5.41) is 0. The quantitative estimate of drug-likeness (QED) is 0.559. The maximum absolute atomic E-state index is 5.53. The van der Waals surface area contributed by atoms with Gasteiger partial charge in [-0.25, -0.2) is 0 Å². The molecule has 0 fully saturated rings. The molecule has 0 unspecified atom stereocenters. The van der Waals surface area contributed by atoms with Crippen molar-refractivity contribution in [1.82, 2.24) is 4.57 Å². The van der Waals surface area contributed by atoms with Crippen LogP contribution < -0.4 is 0 Å². The van der Waals surface area contributed by atoms with Gasteiger partial charge in [-0.05, 0) is 30.8 Å². The van der Waals surface area contributed by atoms with Gasteiger partial charge in [-0.2, -0.15) is 0 Å². The first kappa shape index (κ1) is 11.4. The molecule has 1 aromatic carbocycles. The van der Waals surface area contributed by atoms with E-state index < -0.39 is 0 Å². The van der Waals surface area contributed by atoms with E-state index in [1.54, 1.807) is 0 Å². The molecule has 0 saturated carbocycles. The minimum absolute atomic E-state index is 0.595. The Bertz CT molecular complexity index is 512. The second kappa shape index (κ2) is 5.30. The van der Waals surface area contributed by atoms with E-state index in [1.165, 1.54) is 25.7 Å². The van der Waals surface area contributed by atoms with E-state index in [0.29, 0.717) is 4.84 Å². The van der Waals surface area contributed by atoms with Crippen molar-refractivity contribution in [3.8, 4) is 0 Å². The highest BCUT2D eigenvalue weighted by Gasteiger charge is 2.04. The second-order valence-electron chi connectivity index (χ2n) is 4.05. The highest BCUT2D eigenvalue weighted by atomic mass is 32.1. The molecule has 1 aromatic heterocycles. The molecular weight excluding hydrogens is 218 g/mol. The summed E-state index contributed by atoms with van der Waals surface area (Å²) in [6.07, 6.45) is 4.99. The molecule has 86 valence electrons. The third kappa shape index (κ3) is 2.35. The average molecular weight is 235 g/mol. The predicted molar refractivity (Wildman–Crippen MR) is 69.2 cm³/mol. The Morgan fingerprint density at radius 3 is 2.81 bits per heavy atom. The highest BCUT2D eigenvalue weighted by molar-refractivity contribution is 7.71. The third-order valence-electron chi connectivity index (χ3n) is 2.81. The maximum Gasteiger partial charge on any atom is 0.269 e. The Morgan fingerprint density at radius 1 is 1.19 bits per heavy atom. The van der Waals surface area contributed by atoms with Crippen molar-refractivity contribution in [2.45, 2.75) is 39.2 Å². The number of nitrogens with zero attached hydrogens (tertiary/aromatic N) is 1. The number of aryl methyl sites for hydroxylation is 1. The molecule has 0 atom stereocenters. The minimum Gasteiger partial charge on any atom is -0.429 e. The zero-order chi connectivity index (χ0) is 11.4. The SMILES string of the molecule is CCCCCCn1c(=S)oc2ccccc21. The maximum atomic E-state index is 5.53. The number of aromatic nitrogens is 1. The molecule has 0 aliphatic carbocycles. The van der Waals surface area contributed by atoms with E-state index in [9.17, 15) is 0 Å². The number of hydrogen-bond donors (Lipinski definition) is 0. The Labute approximate surface area is 101 Å². The number of benzene rings is 1. The van der Waals surface area contributed by atoms with Crippen LogP contribution in [0.15, 0.2) is 28.7 Å². The first-order chi connectivity index (χ1) is 7.83. The van der Waals surface area contributed by atoms with Gasteiger partial charge in [0.2, 0.25) is 0 Å². The summed E-state index contributed by atoms with van der Waals surface area (Å²) in [4.78, 5) is 0.595. The van der Waals surface area contributed by atoms with Crippen LogP contribution in [0.4, 0.5) is 0 Å². The molecular formula is C13H17NOS. The van der Waals surface area contributed by atoms with Gasteiger partial charge < -0.3 is 4.42 Å². The summed E-state index contributed by atoms with van der Waals surface area (Å²) in [6, 6.07) is 8.03. The number of oxazole rings is 1. The van der Waals surface area contributed by atoms with E-state index in [4.69, 9.17) is 16.6 Å². The van der Waals surface area contributed by atoms with Crippen molar-refractivity contribution in [3.05, 3.63) is 29.1 Å². The molecule has 0 saturated heterocycles. The summed E-state index contributed by atoms with van der Waals surface area (Å²) in [6.45, 7) is 3.19. The average Bonchev–Trinajstić information content (AvgIpc) is 2.61. The molecule has 0 aliphatic rings. The van der Waals surface area contributed by atoms with Crippen molar-refractivity contribution in [1.29, 1.82) is 0 Å². The fraction of sp³-hybridized carbons (Fsp3) is 0.462. The Balaban J connectivity index is 2.16. The Morgan fingerprint density at radius 2 is 2.00 bits per heavy atom. The lowest BCUT2D eigenvalue weighted by Crippen LogP contribution is -1.97.